The average molecular weight is 242 g/mol. The van der Waals surface area contributed by atoms with Crippen molar-refractivity contribution in [3.8, 4) is 0 Å². The quantitative estimate of drug-likeness (QED) is 0.796. The molecule has 0 aromatic rings. The summed E-state index contributed by atoms with van der Waals surface area (Å²) in [5.41, 5.74) is 0. The summed E-state index contributed by atoms with van der Waals surface area (Å²) in [6.07, 6.45) is 4.18. The fourth-order valence-corrected chi connectivity index (χ4v) is 4.02. The molecule has 2 heterocycles. The summed E-state index contributed by atoms with van der Waals surface area (Å²) in [5, 5.41) is 3.76. The molecule has 2 atom stereocenters. The standard InChI is InChI=1S/C13H26N2S/c1-11(2)9-15-6-3-4-13(15)8-14-12-5-7-16-10-12/h11-14H,3-10H2,1-2H3/t12?,13-/m1/s1. The third-order valence-corrected chi connectivity index (χ3v) is 4.83. The number of nitrogens with zero attached hydrogens (tertiary/aromatic N) is 1. The maximum Gasteiger partial charge on any atom is 0.0221 e. The summed E-state index contributed by atoms with van der Waals surface area (Å²) in [6.45, 7) is 8.49. The summed E-state index contributed by atoms with van der Waals surface area (Å²) in [4.78, 5) is 2.69. The lowest BCUT2D eigenvalue weighted by atomic mass is 10.1. The Hall–Kier alpha value is 0.270. The Balaban J connectivity index is 1.70. The molecular formula is C13H26N2S. The molecule has 0 radical (unpaired) electrons. The van der Waals surface area contributed by atoms with Crippen molar-refractivity contribution >= 4 is 11.8 Å². The molecule has 94 valence electrons. The normalized spacial score (nSPS) is 31.7. The van der Waals surface area contributed by atoms with Crippen LogP contribution in [0.25, 0.3) is 0 Å². The summed E-state index contributed by atoms with van der Waals surface area (Å²) in [7, 11) is 0. The first-order valence-electron chi connectivity index (χ1n) is 6.81. The van der Waals surface area contributed by atoms with Crippen molar-refractivity contribution in [3.63, 3.8) is 0 Å². The summed E-state index contributed by atoms with van der Waals surface area (Å²) in [5.74, 6) is 3.50. The highest BCUT2D eigenvalue weighted by molar-refractivity contribution is 7.99. The van der Waals surface area contributed by atoms with Gasteiger partial charge in [-0.3, -0.25) is 4.90 Å². The van der Waals surface area contributed by atoms with Crippen LogP contribution in [0.4, 0.5) is 0 Å². The van der Waals surface area contributed by atoms with E-state index in [0.717, 1.165) is 18.0 Å². The van der Waals surface area contributed by atoms with Crippen LogP contribution in [0.3, 0.4) is 0 Å². The number of hydrogen-bond donors (Lipinski definition) is 1. The minimum absolute atomic E-state index is 0.798. The topological polar surface area (TPSA) is 15.3 Å². The van der Waals surface area contributed by atoms with Crippen molar-refractivity contribution in [2.45, 2.75) is 45.2 Å². The highest BCUT2D eigenvalue weighted by Gasteiger charge is 2.25. The van der Waals surface area contributed by atoms with Crippen LogP contribution in [0.5, 0.6) is 0 Å². The SMILES string of the molecule is CC(C)CN1CCC[C@@H]1CNC1CCSC1. The lowest BCUT2D eigenvalue weighted by molar-refractivity contribution is 0.218. The van der Waals surface area contributed by atoms with Crippen molar-refractivity contribution in [1.29, 1.82) is 0 Å². The molecule has 3 heteroatoms. The van der Waals surface area contributed by atoms with E-state index in [1.165, 1.54) is 50.4 Å². The number of thioether (sulfide) groups is 1. The van der Waals surface area contributed by atoms with Crippen molar-refractivity contribution in [2.24, 2.45) is 5.92 Å². The molecule has 2 aliphatic heterocycles. The van der Waals surface area contributed by atoms with Gasteiger partial charge in [-0.05, 0) is 37.5 Å². The molecule has 0 aromatic heterocycles. The molecule has 16 heavy (non-hydrogen) atoms. The zero-order chi connectivity index (χ0) is 11.4. The predicted molar refractivity (Wildman–Crippen MR) is 73.2 cm³/mol. The Labute approximate surface area is 105 Å². The van der Waals surface area contributed by atoms with E-state index in [-0.39, 0.29) is 0 Å². The zero-order valence-electron chi connectivity index (χ0n) is 10.7. The van der Waals surface area contributed by atoms with Crippen LogP contribution < -0.4 is 5.32 Å². The van der Waals surface area contributed by atoms with Crippen LogP contribution >= 0.6 is 11.8 Å². The molecule has 1 unspecified atom stereocenters. The second kappa shape index (κ2) is 6.27. The lowest BCUT2D eigenvalue weighted by Crippen LogP contribution is -2.43. The van der Waals surface area contributed by atoms with Crippen molar-refractivity contribution in [2.75, 3.05) is 31.1 Å². The van der Waals surface area contributed by atoms with Crippen LogP contribution in [-0.2, 0) is 0 Å². The van der Waals surface area contributed by atoms with E-state index in [4.69, 9.17) is 0 Å². The van der Waals surface area contributed by atoms with Gasteiger partial charge in [0.2, 0.25) is 0 Å². The van der Waals surface area contributed by atoms with Gasteiger partial charge in [0.05, 0.1) is 0 Å². The van der Waals surface area contributed by atoms with E-state index in [0.29, 0.717) is 0 Å². The fraction of sp³-hybridized carbons (Fsp3) is 1.00. The van der Waals surface area contributed by atoms with Crippen LogP contribution in [0.2, 0.25) is 0 Å². The minimum atomic E-state index is 0.798. The number of rotatable bonds is 5. The maximum absolute atomic E-state index is 3.76. The van der Waals surface area contributed by atoms with E-state index >= 15 is 0 Å². The van der Waals surface area contributed by atoms with E-state index in [2.05, 4.69) is 35.8 Å². The van der Waals surface area contributed by atoms with Crippen LogP contribution in [0.15, 0.2) is 0 Å². The Kier molecular flexibility index (Phi) is 4.98. The number of hydrogen-bond acceptors (Lipinski definition) is 3. The van der Waals surface area contributed by atoms with Crippen molar-refractivity contribution in [1.82, 2.24) is 10.2 Å². The number of nitrogens with one attached hydrogen (secondary N) is 1. The molecule has 2 rings (SSSR count). The highest BCUT2D eigenvalue weighted by atomic mass is 32.2. The molecule has 2 fully saturated rings. The van der Waals surface area contributed by atoms with Gasteiger partial charge in [-0.25, -0.2) is 0 Å². The second-order valence-corrected chi connectivity index (χ2v) is 6.80. The van der Waals surface area contributed by atoms with Gasteiger partial charge in [0.15, 0.2) is 0 Å². The second-order valence-electron chi connectivity index (χ2n) is 5.65. The van der Waals surface area contributed by atoms with Crippen LogP contribution in [-0.4, -0.2) is 48.1 Å². The molecule has 0 bridgehead atoms. The minimum Gasteiger partial charge on any atom is -0.312 e. The summed E-state index contributed by atoms with van der Waals surface area (Å²) < 4.78 is 0. The summed E-state index contributed by atoms with van der Waals surface area (Å²) in [6, 6.07) is 1.61. The van der Waals surface area contributed by atoms with Gasteiger partial charge in [-0.2, -0.15) is 11.8 Å². The lowest BCUT2D eigenvalue weighted by Gasteiger charge is -2.27. The molecule has 1 N–H and O–H groups in total. The van der Waals surface area contributed by atoms with Gasteiger partial charge in [-0.1, -0.05) is 13.8 Å². The maximum atomic E-state index is 3.76. The van der Waals surface area contributed by atoms with Crippen molar-refractivity contribution in [3.05, 3.63) is 0 Å². The molecule has 2 saturated heterocycles. The molecule has 0 aromatic carbocycles. The Bertz CT molecular complexity index is 202. The van der Waals surface area contributed by atoms with Crippen LogP contribution in [0.1, 0.15) is 33.1 Å². The molecule has 0 amide bonds. The molecule has 0 spiro atoms. The van der Waals surface area contributed by atoms with Gasteiger partial charge in [0.1, 0.15) is 0 Å². The number of likely N-dealkylation sites (tertiary alicyclic amines) is 1. The van der Waals surface area contributed by atoms with E-state index in [9.17, 15) is 0 Å². The largest absolute Gasteiger partial charge is 0.312 e. The first kappa shape index (κ1) is 12.7. The van der Waals surface area contributed by atoms with Gasteiger partial charge < -0.3 is 5.32 Å². The molecule has 0 aliphatic carbocycles. The van der Waals surface area contributed by atoms with Gasteiger partial charge >= 0.3 is 0 Å². The Morgan fingerprint density at radius 2 is 2.25 bits per heavy atom. The van der Waals surface area contributed by atoms with Crippen LogP contribution in [0, 0.1) is 5.92 Å². The summed E-state index contributed by atoms with van der Waals surface area (Å²) >= 11 is 2.10. The van der Waals surface area contributed by atoms with Gasteiger partial charge in [-0.15, -0.1) is 0 Å². The fourth-order valence-electron chi connectivity index (χ4n) is 2.83. The Morgan fingerprint density at radius 1 is 1.38 bits per heavy atom. The smallest absolute Gasteiger partial charge is 0.0221 e. The van der Waals surface area contributed by atoms with Gasteiger partial charge in [0, 0.05) is 30.9 Å². The van der Waals surface area contributed by atoms with Crippen molar-refractivity contribution < 1.29 is 0 Å². The highest BCUT2D eigenvalue weighted by Crippen LogP contribution is 2.20. The monoisotopic (exact) mass is 242 g/mol. The molecular weight excluding hydrogens is 216 g/mol. The zero-order valence-corrected chi connectivity index (χ0v) is 11.6. The third-order valence-electron chi connectivity index (χ3n) is 3.67. The Morgan fingerprint density at radius 3 is 2.94 bits per heavy atom. The first-order valence-corrected chi connectivity index (χ1v) is 7.96. The van der Waals surface area contributed by atoms with E-state index in [1.54, 1.807) is 0 Å². The van der Waals surface area contributed by atoms with Gasteiger partial charge in [0.25, 0.3) is 0 Å². The molecule has 2 nitrogen and oxygen atoms in total. The third kappa shape index (κ3) is 3.64. The first-order chi connectivity index (χ1) is 7.75. The molecule has 0 saturated carbocycles. The average Bonchev–Trinajstić information content (AvgIpc) is 2.84. The van der Waals surface area contributed by atoms with E-state index < -0.39 is 0 Å². The predicted octanol–water partition coefficient (Wildman–Crippen LogP) is 2.20. The van der Waals surface area contributed by atoms with E-state index in [1.807, 2.05) is 0 Å². The molecule has 2 aliphatic rings.